The molecule has 1 amide bonds. The maximum atomic E-state index is 14.5. The second-order valence-corrected chi connectivity index (χ2v) is 13.1. The standard InChI is InChI=1S/C38H48F3NO2/c1-7-14-35-34(19-13-24-42(35)36(43)28(6)33-18-12-11-15-29(33)25-26(2)3)37(27(4)5,30-16-9-8-10-17-30)44-32-22-20-31(21-23-32)38(39,40)41/h8-12,15-18,20-23,26-28,34-35H,7,13-14,19,24-25H2,1-6H3. The van der Waals surface area contributed by atoms with Crippen molar-refractivity contribution in [3.63, 3.8) is 0 Å². The zero-order valence-corrected chi connectivity index (χ0v) is 27.0. The van der Waals surface area contributed by atoms with Crippen molar-refractivity contribution in [1.29, 1.82) is 0 Å². The Morgan fingerprint density at radius 1 is 0.886 bits per heavy atom. The van der Waals surface area contributed by atoms with E-state index in [1.165, 1.54) is 17.7 Å². The van der Waals surface area contributed by atoms with Crippen molar-refractivity contribution in [2.45, 2.75) is 97.4 Å². The fourth-order valence-electron chi connectivity index (χ4n) is 7.28. The molecule has 1 aliphatic rings. The van der Waals surface area contributed by atoms with Crippen molar-refractivity contribution in [1.82, 2.24) is 4.90 Å². The molecule has 1 heterocycles. The molecule has 0 aromatic heterocycles. The van der Waals surface area contributed by atoms with E-state index in [4.69, 9.17) is 4.74 Å². The normalized spacial score (nSPS) is 19.6. The molecule has 0 aliphatic carbocycles. The monoisotopic (exact) mass is 607 g/mol. The Bertz CT molecular complexity index is 1350. The SMILES string of the molecule is CCCC1C(C(Oc2ccc(C(F)(F)F)cc2)(c2ccccc2)C(C)C)CCCN1C(=O)C(C)c1ccccc1CC(C)C. The van der Waals surface area contributed by atoms with Gasteiger partial charge in [0.1, 0.15) is 11.4 Å². The fourth-order valence-corrected chi connectivity index (χ4v) is 7.28. The number of piperidine rings is 1. The van der Waals surface area contributed by atoms with Gasteiger partial charge in [0.15, 0.2) is 0 Å². The smallest absolute Gasteiger partial charge is 0.416 e. The lowest BCUT2D eigenvalue weighted by Crippen LogP contribution is -2.59. The van der Waals surface area contributed by atoms with Crippen LogP contribution in [0.25, 0.3) is 0 Å². The summed E-state index contributed by atoms with van der Waals surface area (Å²) in [6, 6.07) is 23.3. The van der Waals surface area contributed by atoms with Crippen LogP contribution in [0.2, 0.25) is 0 Å². The van der Waals surface area contributed by atoms with Crippen LogP contribution in [0.5, 0.6) is 5.75 Å². The second kappa shape index (κ2) is 14.2. The highest BCUT2D eigenvalue weighted by molar-refractivity contribution is 5.84. The van der Waals surface area contributed by atoms with Crippen LogP contribution in [0, 0.1) is 17.8 Å². The number of hydrogen-bond donors (Lipinski definition) is 0. The summed E-state index contributed by atoms with van der Waals surface area (Å²) in [6.07, 6.45) is -0.121. The van der Waals surface area contributed by atoms with E-state index in [-0.39, 0.29) is 29.7 Å². The highest BCUT2D eigenvalue weighted by Gasteiger charge is 2.52. The first-order valence-electron chi connectivity index (χ1n) is 16.2. The molecule has 0 radical (unpaired) electrons. The molecule has 4 atom stereocenters. The fraction of sp³-hybridized carbons (Fsp3) is 0.500. The molecule has 3 nitrogen and oxygen atoms in total. The van der Waals surface area contributed by atoms with Crippen molar-refractivity contribution in [2.75, 3.05) is 6.54 Å². The topological polar surface area (TPSA) is 29.5 Å². The van der Waals surface area contributed by atoms with E-state index in [1.54, 1.807) is 0 Å². The molecule has 3 aromatic rings. The number of alkyl halides is 3. The second-order valence-electron chi connectivity index (χ2n) is 13.1. The number of rotatable bonds is 11. The molecule has 3 aromatic carbocycles. The van der Waals surface area contributed by atoms with Gasteiger partial charge in [-0.2, -0.15) is 13.2 Å². The van der Waals surface area contributed by atoms with Gasteiger partial charge in [0.25, 0.3) is 0 Å². The Morgan fingerprint density at radius 2 is 1.52 bits per heavy atom. The average molecular weight is 608 g/mol. The Balaban J connectivity index is 1.78. The van der Waals surface area contributed by atoms with Gasteiger partial charge >= 0.3 is 6.18 Å². The summed E-state index contributed by atoms with van der Waals surface area (Å²) in [7, 11) is 0. The predicted octanol–water partition coefficient (Wildman–Crippen LogP) is 10.0. The number of nitrogens with zero attached hydrogens (tertiary/aromatic N) is 1. The van der Waals surface area contributed by atoms with Crippen LogP contribution in [0.1, 0.15) is 95.4 Å². The molecule has 0 N–H and O–H groups in total. The first-order chi connectivity index (χ1) is 20.9. The molecule has 1 saturated heterocycles. The molecular weight excluding hydrogens is 559 g/mol. The van der Waals surface area contributed by atoms with Crippen LogP contribution < -0.4 is 4.74 Å². The Kier molecular flexibility index (Phi) is 10.9. The number of ether oxygens (including phenoxy) is 1. The predicted molar refractivity (Wildman–Crippen MR) is 172 cm³/mol. The maximum absolute atomic E-state index is 14.5. The number of halogens is 3. The molecule has 4 unspecified atom stereocenters. The van der Waals surface area contributed by atoms with E-state index in [0.717, 1.165) is 55.4 Å². The van der Waals surface area contributed by atoms with Crippen molar-refractivity contribution in [3.8, 4) is 5.75 Å². The molecule has 0 saturated carbocycles. The third kappa shape index (κ3) is 7.16. The summed E-state index contributed by atoms with van der Waals surface area (Å²) < 4.78 is 47.1. The number of likely N-dealkylation sites (tertiary alicyclic amines) is 1. The number of amides is 1. The Hall–Kier alpha value is -3.28. The molecular formula is C38H48F3NO2. The summed E-state index contributed by atoms with van der Waals surface area (Å²) in [5.41, 5.74) is 1.71. The third-order valence-corrected chi connectivity index (χ3v) is 9.27. The molecule has 44 heavy (non-hydrogen) atoms. The highest BCUT2D eigenvalue weighted by atomic mass is 19.4. The van der Waals surface area contributed by atoms with Gasteiger partial charge in [0.2, 0.25) is 5.91 Å². The largest absolute Gasteiger partial charge is 0.482 e. The van der Waals surface area contributed by atoms with Gasteiger partial charge in [-0.05, 0) is 85.4 Å². The van der Waals surface area contributed by atoms with Gasteiger partial charge in [0, 0.05) is 18.5 Å². The van der Waals surface area contributed by atoms with Crippen molar-refractivity contribution in [2.24, 2.45) is 17.8 Å². The molecule has 0 bridgehead atoms. The van der Waals surface area contributed by atoms with Crippen LogP contribution in [0.15, 0.2) is 78.9 Å². The van der Waals surface area contributed by atoms with Crippen LogP contribution in [0.4, 0.5) is 13.2 Å². The number of hydrogen-bond acceptors (Lipinski definition) is 2. The number of benzene rings is 3. The van der Waals surface area contributed by atoms with E-state index in [2.05, 4.69) is 63.8 Å². The minimum absolute atomic E-state index is 0.0317. The van der Waals surface area contributed by atoms with Gasteiger partial charge in [-0.1, -0.05) is 95.6 Å². The van der Waals surface area contributed by atoms with Gasteiger partial charge in [0.05, 0.1) is 11.5 Å². The first-order valence-corrected chi connectivity index (χ1v) is 16.2. The van der Waals surface area contributed by atoms with Crippen LogP contribution in [-0.4, -0.2) is 23.4 Å². The van der Waals surface area contributed by atoms with Crippen molar-refractivity contribution in [3.05, 3.63) is 101 Å². The van der Waals surface area contributed by atoms with Crippen LogP contribution in [-0.2, 0) is 23.0 Å². The molecule has 1 fully saturated rings. The lowest BCUT2D eigenvalue weighted by molar-refractivity contribution is -0.146. The van der Waals surface area contributed by atoms with Gasteiger partial charge < -0.3 is 9.64 Å². The summed E-state index contributed by atoms with van der Waals surface area (Å²) in [4.78, 5) is 16.6. The average Bonchev–Trinajstić information content (AvgIpc) is 2.99. The van der Waals surface area contributed by atoms with E-state index in [0.29, 0.717) is 18.2 Å². The van der Waals surface area contributed by atoms with Crippen LogP contribution >= 0.6 is 0 Å². The Labute approximate surface area is 261 Å². The molecule has 238 valence electrons. The third-order valence-electron chi connectivity index (χ3n) is 9.27. The van der Waals surface area contributed by atoms with E-state index < -0.39 is 17.3 Å². The zero-order valence-electron chi connectivity index (χ0n) is 27.0. The quantitative estimate of drug-likeness (QED) is 0.217. The lowest BCUT2D eigenvalue weighted by Gasteiger charge is -2.53. The van der Waals surface area contributed by atoms with E-state index in [9.17, 15) is 18.0 Å². The summed E-state index contributed by atoms with van der Waals surface area (Å²) in [6.45, 7) is 13.5. The molecule has 4 rings (SSSR count). The van der Waals surface area contributed by atoms with Gasteiger partial charge in [-0.15, -0.1) is 0 Å². The van der Waals surface area contributed by atoms with E-state index in [1.807, 2.05) is 37.3 Å². The van der Waals surface area contributed by atoms with Crippen molar-refractivity contribution < 1.29 is 22.7 Å². The highest BCUT2D eigenvalue weighted by Crippen LogP contribution is 2.49. The molecule has 1 aliphatic heterocycles. The number of carbonyl (C=O) groups excluding carboxylic acids is 1. The minimum atomic E-state index is -4.42. The molecule has 6 heteroatoms. The van der Waals surface area contributed by atoms with Crippen LogP contribution in [0.3, 0.4) is 0 Å². The summed E-state index contributed by atoms with van der Waals surface area (Å²) in [5, 5.41) is 0. The zero-order chi connectivity index (χ0) is 32.1. The summed E-state index contributed by atoms with van der Waals surface area (Å²) >= 11 is 0. The minimum Gasteiger partial charge on any atom is -0.482 e. The maximum Gasteiger partial charge on any atom is 0.416 e. The lowest BCUT2D eigenvalue weighted by atomic mass is 9.66. The summed E-state index contributed by atoms with van der Waals surface area (Å²) in [5.74, 6) is 0.614. The van der Waals surface area contributed by atoms with Gasteiger partial charge in [-0.25, -0.2) is 0 Å². The Morgan fingerprint density at radius 3 is 2.11 bits per heavy atom. The van der Waals surface area contributed by atoms with E-state index >= 15 is 0 Å². The molecule has 0 spiro atoms. The first kappa shape index (κ1) is 33.6. The number of carbonyl (C=O) groups is 1. The van der Waals surface area contributed by atoms with Crippen molar-refractivity contribution >= 4 is 5.91 Å². The van der Waals surface area contributed by atoms with Gasteiger partial charge in [-0.3, -0.25) is 4.79 Å².